The van der Waals surface area contributed by atoms with E-state index < -0.39 is 24.5 Å². The van der Waals surface area contributed by atoms with Crippen LogP contribution in [0.25, 0.3) is 0 Å². The molecule has 1 saturated heterocycles. The van der Waals surface area contributed by atoms with E-state index in [1.165, 1.54) is 9.80 Å². The maximum atomic E-state index is 12.7. The maximum absolute atomic E-state index is 12.7. The van der Waals surface area contributed by atoms with E-state index in [0.29, 0.717) is 32.2 Å². The fraction of sp³-hybridized carbons (Fsp3) is 0.857. The SMILES string of the molecule is NC(=O)C1CCCN(C(=O)CN(CC(F)(F)F)C2CCC2)C1. The summed E-state index contributed by atoms with van der Waals surface area (Å²) in [7, 11) is 0. The number of piperidine rings is 1. The van der Waals surface area contributed by atoms with Gasteiger partial charge in [0.15, 0.2) is 0 Å². The average molecular weight is 321 g/mol. The van der Waals surface area contributed by atoms with Gasteiger partial charge >= 0.3 is 6.18 Å². The molecule has 2 aliphatic rings. The topological polar surface area (TPSA) is 66.6 Å². The number of halogens is 3. The van der Waals surface area contributed by atoms with E-state index in [0.717, 1.165) is 6.42 Å². The Labute approximate surface area is 127 Å². The number of hydrogen-bond acceptors (Lipinski definition) is 3. The highest BCUT2D eigenvalue weighted by Crippen LogP contribution is 2.28. The van der Waals surface area contributed by atoms with Crippen LogP contribution in [0.5, 0.6) is 0 Å². The molecule has 1 atom stereocenters. The van der Waals surface area contributed by atoms with Crippen LogP contribution in [0.3, 0.4) is 0 Å². The zero-order valence-electron chi connectivity index (χ0n) is 12.4. The van der Waals surface area contributed by atoms with E-state index in [9.17, 15) is 22.8 Å². The van der Waals surface area contributed by atoms with Gasteiger partial charge in [-0.15, -0.1) is 0 Å². The second-order valence-electron chi connectivity index (χ2n) is 6.19. The van der Waals surface area contributed by atoms with Gasteiger partial charge in [0.1, 0.15) is 0 Å². The highest BCUT2D eigenvalue weighted by Gasteiger charge is 2.38. The fourth-order valence-electron chi connectivity index (χ4n) is 3.01. The summed E-state index contributed by atoms with van der Waals surface area (Å²) in [5.74, 6) is -1.19. The summed E-state index contributed by atoms with van der Waals surface area (Å²) in [6, 6.07) is -0.165. The number of amides is 2. The summed E-state index contributed by atoms with van der Waals surface area (Å²) in [4.78, 5) is 26.2. The number of nitrogens with two attached hydrogens (primary N) is 1. The third-order valence-corrected chi connectivity index (χ3v) is 4.49. The Morgan fingerprint density at radius 3 is 2.36 bits per heavy atom. The van der Waals surface area contributed by atoms with E-state index >= 15 is 0 Å². The molecule has 1 unspecified atom stereocenters. The van der Waals surface area contributed by atoms with Crippen molar-refractivity contribution in [3.63, 3.8) is 0 Å². The molecule has 1 aliphatic heterocycles. The van der Waals surface area contributed by atoms with Crippen LogP contribution in [0.2, 0.25) is 0 Å². The molecule has 0 spiro atoms. The highest BCUT2D eigenvalue weighted by atomic mass is 19.4. The lowest BCUT2D eigenvalue weighted by Gasteiger charge is -2.39. The number of primary amides is 1. The molecule has 2 fully saturated rings. The molecule has 1 aliphatic carbocycles. The van der Waals surface area contributed by atoms with Gasteiger partial charge in [-0.05, 0) is 25.7 Å². The third kappa shape index (κ3) is 4.59. The van der Waals surface area contributed by atoms with Crippen molar-refractivity contribution in [2.24, 2.45) is 11.7 Å². The molecule has 0 aromatic carbocycles. The lowest BCUT2D eigenvalue weighted by atomic mass is 9.91. The lowest BCUT2D eigenvalue weighted by Crippen LogP contribution is -2.52. The van der Waals surface area contributed by atoms with E-state index in [1.54, 1.807) is 0 Å². The quantitative estimate of drug-likeness (QED) is 0.825. The summed E-state index contributed by atoms with van der Waals surface area (Å²) in [5, 5.41) is 0. The molecule has 0 aromatic heterocycles. The number of alkyl halides is 3. The minimum Gasteiger partial charge on any atom is -0.369 e. The molecule has 2 N–H and O–H groups in total. The first kappa shape index (κ1) is 17.1. The summed E-state index contributed by atoms with van der Waals surface area (Å²) in [6.07, 6.45) is -0.717. The van der Waals surface area contributed by atoms with Crippen LogP contribution in [-0.4, -0.2) is 60.0 Å². The highest BCUT2D eigenvalue weighted by molar-refractivity contribution is 5.81. The maximum Gasteiger partial charge on any atom is 0.401 e. The van der Waals surface area contributed by atoms with Gasteiger partial charge in [-0.25, -0.2) is 0 Å². The number of likely N-dealkylation sites (tertiary alicyclic amines) is 1. The number of carbonyl (C=O) groups is 2. The number of rotatable bonds is 5. The van der Waals surface area contributed by atoms with E-state index in [2.05, 4.69) is 0 Å². The monoisotopic (exact) mass is 321 g/mol. The van der Waals surface area contributed by atoms with Crippen LogP contribution in [-0.2, 0) is 9.59 Å². The van der Waals surface area contributed by atoms with E-state index in [1.807, 2.05) is 0 Å². The van der Waals surface area contributed by atoms with Gasteiger partial charge in [-0.2, -0.15) is 13.2 Å². The van der Waals surface area contributed by atoms with Gasteiger partial charge in [0, 0.05) is 19.1 Å². The summed E-state index contributed by atoms with van der Waals surface area (Å²) in [5.41, 5.74) is 5.26. The van der Waals surface area contributed by atoms with Crippen molar-refractivity contribution in [3.8, 4) is 0 Å². The van der Waals surface area contributed by atoms with E-state index in [-0.39, 0.29) is 25.0 Å². The zero-order chi connectivity index (χ0) is 16.3. The first-order valence-electron chi connectivity index (χ1n) is 7.64. The Bertz CT molecular complexity index is 424. The molecule has 1 saturated carbocycles. The lowest BCUT2D eigenvalue weighted by molar-refractivity contribution is -0.159. The van der Waals surface area contributed by atoms with Crippen LogP contribution in [0.4, 0.5) is 13.2 Å². The number of carbonyl (C=O) groups excluding carboxylic acids is 2. The molecule has 0 radical (unpaired) electrons. The van der Waals surface area contributed by atoms with Crippen molar-refractivity contribution < 1.29 is 22.8 Å². The van der Waals surface area contributed by atoms with Gasteiger partial charge in [-0.1, -0.05) is 6.42 Å². The Balaban J connectivity index is 1.93. The van der Waals surface area contributed by atoms with Crippen molar-refractivity contribution in [2.75, 3.05) is 26.2 Å². The van der Waals surface area contributed by atoms with Crippen molar-refractivity contribution in [1.82, 2.24) is 9.80 Å². The molecule has 2 rings (SSSR count). The Hall–Kier alpha value is -1.31. The van der Waals surface area contributed by atoms with Crippen LogP contribution >= 0.6 is 0 Å². The number of nitrogens with zero attached hydrogens (tertiary/aromatic N) is 2. The molecule has 0 bridgehead atoms. The molecule has 2 amide bonds. The van der Waals surface area contributed by atoms with Gasteiger partial charge in [0.05, 0.1) is 19.0 Å². The first-order chi connectivity index (χ1) is 10.3. The average Bonchev–Trinajstić information content (AvgIpc) is 2.34. The molecule has 0 aromatic rings. The molecule has 8 heteroatoms. The van der Waals surface area contributed by atoms with Gasteiger partial charge in [0.25, 0.3) is 0 Å². The molecule has 1 heterocycles. The Morgan fingerprint density at radius 2 is 1.86 bits per heavy atom. The normalized spacial score (nSPS) is 23.5. The minimum absolute atomic E-state index is 0.165. The van der Waals surface area contributed by atoms with Gasteiger partial charge in [-0.3, -0.25) is 14.5 Å². The van der Waals surface area contributed by atoms with Crippen LogP contribution in [0, 0.1) is 5.92 Å². The molecular formula is C14H22F3N3O2. The Morgan fingerprint density at radius 1 is 1.18 bits per heavy atom. The third-order valence-electron chi connectivity index (χ3n) is 4.49. The summed E-state index contributed by atoms with van der Waals surface area (Å²) in [6.45, 7) is -0.599. The smallest absolute Gasteiger partial charge is 0.369 e. The Kier molecular flexibility index (Phi) is 5.31. The zero-order valence-corrected chi connectivity index (χ0v) is 12.4. The number of hydrogen-bond donors (Lipinski definition) is 1. The molecule has 126 valence electrons. The van der Waals surface area contributed by atoms with Crippen LogP contribution < -0.4 is 5.73 Å². The van der Waals surface area contributed by atoms with Gasteiger partial charge in [0.2, 0.25) is 11.8 Å². The van der Waals surface area contributed by atoms with Crippen LogP contribution in [0.15, 0.2) is 0 Å². The van der Waals surface area contributed by atoms with Crippen molar-refractivity contribution in [3.05, 3.63) is 0 Å². The standard InChI is InChI=1S/C14H22F3N3O2/c15-14(16,17)9-20(11-4-1-5-11)8-12(21)19-6-2-3-10(7-19)13(18)22/h10-11H,1-9H2,(H2,18,22). The molecule has 5 nitrogen and oxygen atoms in total. The predicted molar refractivity (Wildman–Crippen MR) is 73.8 cm³/mol. The first-order valence-corrected chi connectivity index (χ1v) is 7.64. The molecular weight excluding hydrogens is 299 g/mol. The second kappa shape index (κ2) is 6.85. The minimum atomic E-state index is -4.31. The van der Waals surface area contributed by atoms with Crippen molar-refractivity contribution in [1.29, 1.82) is 0 Å². The summed E-state index contributed by atoms with van der Waals surface area (Å²) < 4.78 is 38.0. The van der Waals surface area contributed by atoms with E-state index in [4.69, 9.17) is 5.73 Å². The van der Waals surface area contributed by atoms with Gasteiger partial charge < -0.3 is 10.6 Å². The van der Waals surface area contributed by atoms with Crippen LogP contribution in [0.1, 0.15) is 32.1 Å². The molecule has 22 heavy (non-hydrogen) atoms. The second-order valence-corrected chi connectivity index (χ2v) is 6.19. The fourth-order valence-corrected chi connectivity index (χ4v) is 3.01. The summed E-state index contributed by atoms with van der Waals surface area (Å²) >= 11 is 0. The largest absolute Gasteiger partial charge is 0.401 e. The van der Waals surface area contributed by atoms with Crippen molar-refractivity contribution in [2.45, 2.75) is 44.3 Å². The predicted octanol–water partition coefficient (Wildman–Crippen LogP) is 1.13. The van der Waals surface area contributed by atoms with Crippen molar-refractivity contribution >= 4 is 11.8 Å².